The smallest absolute Gasteiger partial charge is 0.244 e. The number of benzene rings is 1. The number of carbonyl (C=O) groups is 1. The van der Waals surface area contributed by atoms with Crippen molar-refractivity contribution in [1.82, 2.24) is 19.9 Å². The average molecular weight is 353 g/mol. The predicted molar refractivity (Wildman–Crippen MR) is 81.3 cm³/mol. The van der Waals surface area contributed by atoms with E-state index in [1.54, 1.807) is 25.1 Å². The first-order chi connectivity index (χ1) is 9.97. The van der Waals surface area contributed by atoms with Crippen molar-refractivity contribution in [3.05, 3.63) is 46.2 Å². The Kier molecular flexibility index (Phi) is 5.08. The van der Waals surface area contributed by atoms with Gasteiger partial charge in [-0.15, -0.1) is 5.10 Å². The molecule has 1 amide bonds. The fourth-order valence-electron chi connectivity index (χ4n) is 1.81. The molecule has 0 bridgehead atoms. The number of aromatic nitrogens is 3. The Bertz CT molecular complexity index is 627. The predicted octanol–water partition coefficient (Wildman–Crippen LogP) is 1.75. The van der Waals surface area contributed by atoms with E-state index in [9.17, 15) is 9.90 Å². The Morgan fingerprint density at radius 3 is 2.81 bits per heavy atom. The zero-order valence-corrected chi connectivity index (χ0v) is 13.5. The van der Waals surface area contributed by atoms with Gasteiger partial charge in [-0.3, -0.25) is 4.79 Å². The van der Waals surface area contributed by atoms with Crippen LogP contribution in [0.15, 0.2) is 34.9 Å². The van der Waals surface area contributed by atoms with Crippen LogP contribution in [0.4, 0.5) is 0 Å². The van der Waals surface area contributed by atoms with Crippen molar-refractivity contribution in [1.29, 1.82) is 0 Å². The standard InChI is InChI=1S/C14H17BrN4O2/c1-10(20)13-8-19(17-16-13)9-14(21)18(2)7-11-5-3-4-6-12(11)15/h3-6,8,10,20H,7,9H2,1-2H3. The molecule has 1 aromatic carbocycles. The van der Waals surface area contributed by atoms with Gasteiger partial charge in [-0.2, -0.15) is 0 Å². The van der Waals surface area contributed by atoms with Crippen LogP contribution < -0.4 is 0 Å². The lowest BCUT2D eigenvalue weighted by molar-refractivity contribution is -0.131. The fraction of sp³-hybridized carbons (Fsp3) is 0.357. The molecule has 0 aliphatic carbocycles. The van der Waals surface area contributed by atoms with Gasteiger partial charge in [0.1, 0.15) is 12.2 Å². The van der Waals surface area contributed by atoms with Gasteiger partial charge in [0.05, 0.1) is 12.3 Å². The number of hydrogen-bond donors (Lipinski definition) is 1. The monoisotopic (exact) mass is 352 g/mol. The highest BCUT2D eigenvalue weighted by Gasteiger charge is 2.13. The number of aliphatic hydroxyl groups excluding tert-OH is 1. The second-order valence-electron chi connectivity index (χ2n) is 4.86. The minimum Gasteiger partial charge on any atom is -0.387 e. The molecule has 0 fully saturated rings. The number of amides is 1. The molecule has 1 N–H and O–H groups in total. The third kappa shape index (κ3) is 4.12. The molecule has 1 aromatic heterocycles. The van der Waals surface area contributed by atoms with Crippen molar-refractivity contribution in [3.63, 3.8) is 0 Å². The molecule has 0 aliphatic heterocycles. The molecule has 0 radical (unpaired) electrons. The number of halogens is 1. The first kappa shape index (κ1) is 15.7. The van der Waals surface area contributed by atoms with E-state index in [0.29, 0.717) is 12.2 Å². The number of carbonyl (C=O) groups excluding carboxylic acids is 1. The van der Waals surface area contributed by atoms with Crippen LogP contribution in [-0.2, 0) is 17.9 Å². The summed E-state index contributed by atoms with van der Waals surface area (Å²) in [4.78, 5) is 13.8. The molecule has 2 rings (SSSR count). The summed E-state index contributed by atoms with van der Waals surface area (Å²) in [5, 5.41) is 17.0. The zero-order chi connectivity index (χ0) is 15.4. The van der Waals surface area contributed by atoms with Gasteiger partial charge in [-0.1, -0.05) is 39.3 Å². The third-order valence-electron chi connectivity index (χ3n) is 3.07. The Morgan fingerprint density at radius 2 is 2.19 bits per heavy atom. The molecule has 2 aromatic rings. The Hall–Kier alpha value is -1.73. The van der Waals surface area contributed by atoms with Crippen LogP contribution in [0.5, 0.6) is 0 Å². The quantitative estimate of drug-likeness (QED) is 0.889. The number of likely N-dealkylation sites (N-methyl/N-ethyl adjacent to an activating group) is 1. The average Bonchev–Trinajstić information content (AvgIpc) is 2.90. The zero-order valence-electron chi connectivity index (χ0n) is 11.9. The normalized spacial score (nSPS) is 12.2. The summed E-state index contributed by atoms with van der Waals surface area (Å²) in [6.45, 7) is 2.22. The molecular formula is C14H17BrN4O2. The van der Waals surface area contributed by atoms with Crippen molar-refractivity contribution in [2.75, 3.05) is 7.05 Å². The number of rotatable bonds is 5. The summed E-state index contributed by atoms with van der Waals surface area (Å²) >= 11 is 3.47. The van der Waals surface area contributed by atoms with Crippen LogP contribution in [0, 0.1) is 0 Å². The van der Waals surface area contributed by atoms with Gasteiger partial charge >= 0.3 is 0 Å². The largest absolute Gasteiger partial charge is 0.387 e. The van der Waals surface area contributed by atoms with Crippen molar-refractivity contribution in [2.24, 2.45) is 0 Å². The maximum Gasteiger partial charge on any atom is 0.244 e. The molecule has 112 valence electrons. The molecule has 0 spiro atoms. The van der Waals surface area contributed by atoms with Crippen LogP contribution in [0.25, 0.3) is 0 Å². The van der Waals surface area contributed by atoms with Crippen LogP contribution in [0.3, 0.4) is 0 Å². The Balaban J connectivity index is 1.97. The lowest BCUT2D eigenvalue weighted by atomic mass is 10.2. The summed E-state index contributed by atoms with van der Waals surface area (Å²) in [6, 6.07) is 7.78. The van der Waals surface area contributed by atoms with Gasteiger partial charge in [0.25, 0.3) is 0 Å². The lowest BCUT2D eigenvalue weighted by Crippen LogP contribution is -2.30. The van der Waals surface area contributed by atoms with Crippen molar-refractivity contribution >= 4 is 21.8 Å². The number of hydrogen-bond acceptors (Lipinski definition) is 4. The van der Waals surface area contributed by atoms with Gasteiger partial charge in [0.15, 0.2) is 0 Å². The summed E-state index contributed by atoms with van der Waals surface area (Å²) in [6.07, 6.45) is 0.890. The molecule has 0 saturated heterocycles. The number of aliphatic hydroxyl groups is 1. The Morgan fingerprint density at radius 1 is 1.48 bits per heavy atom. The maximum atomic E-state index is 12.2. The van der Waals surface area contributed by atoms with E-state index in [-0.39, 0.29) is 12.5 Å². The van der Waals surface area contributed by atoms with Crippen molar-refractivity contribution in [3.8, 4) is 0 Å². The van der Waals surface area contributed by atoms with E-state index in [2.05, 4.69) is 26.2 Å². The van der Waals surface area contributed by atoms with Gasteiger partial charge in [0, 0.05) is 18.1 Å². The SMILES string of the molecule is CC(O)c1cn(CC(=O)N(C)Cc2ccccc2Br)nn1. The molecular weight excluding hydrogens is 336 g/mol. The van der Waals surface area contributed by atoms with Crippen LogP contribution in [-0.4, -0.2) is 38.0 Å². The topological polar surface area (TPSA) is 71.2 Å². The first-order valence-corrected chi connectivity index (χ1v) is 7.32. The third-order valence-corrected chi connectivity index (χ3v) is 3.85. The summed E-state index contributed by atoms with van der Waals surface area (Å²) in [5.74, 6) is -0.0761. The highest BCUT2D eigenvalue weighted by molar-refractivity contribution is 9.10. The fourth-order valence-corrected chi connectivity index (χ4v) is 2.22. The summed E-state index contributed by atoms with van der Waals surface area (Å²) in [5.41, 5.74) is 1.49. The van der Waals surface area contributed by atoms with E-state index < -0.39 is 6.10 Å². The molecule has 0 aliphatic rings. The summed E-state index contributed by atoms with van der Waals surface area (Å²) < 4.78 is 2.41. The minimum atomic E-state index is -0.688. The molecule has 1 unspecified atom stereocenters. The Labute approximate surface area is 131 Å². The van der Waals surface area contributed by atoms with E-state index in [4.69, 9.17) is 0 Å². The second-order valence-corrected chi connectivity index (χ2v) is 5.71. The minimum absolute atomic E-state index is 0.0761. The summed E-state index contributed by atoms with van der Waals surface area (Å²) in [7, 11) is 1.74. The van der Waals surface area contributed by atoms with Crippen LogP contribution in [0.1, 0.15) is 24.3 Å². The lowest BCUT2D eigenvalue weighted by Gasteiger charge is -2.17. The van der Waals surface area contributed by atoms with E-state index in [1.807, 2.05) is 24.3 Å². The molecule has 6 nitrogen and oxygen atoms in total. The van der Waals surface area contributed by atoms with Crippen LogP contribution in [0.2, 0.25) is 0 Å². The van der Waals surface area contributed by atoms with Gasteiger partial charge in [-0.25, -0.2) is 4.68 Å². The van der Waals surface area contributed by atoms with Crippen molar-refractivity contribution < 1.29 is 9.90 Å². The van der Waals surface area contributed by atoms with Gasteiger partial charge in [0.2, 0.25) is 5.91 Å². The maximum absolute atomic E-state index is 12.2. The highest BCUT2D eigenvalue weighted by atomic mass is 79.9. The van der Waals surface area contributed by atoms with Crippen LogP contribution >= 0.6 is 15.9 Å². The van der Waals surface area contributed by atoms with Gasteiger partial charge in [-0.05, 0) is 18.6 Å². The molecule has 1 atom stereocenters. The number of nitrogens with zero attached hydrogens (tertiary/aromatic N) is 4. The van der Waals surface area contributed by atoms with E-state index >= 15 is 0 Å². The van der Waals surface area contributed by atoms with Gasteiger partial charge < -0.3 is 10.0 Å². The van der Waals surface area contributed by atoms with Crippen molar-refractivity contribution in [2.45, 2.75) is 26.1 Å². The molecule has 7 heteroatoms. The first-order valence-electron chi connectivity index (χ1n) is 6.53. The highest BCUT2D eigenvalue weighted by Crippen LogP contribution is 2.17. The second kappa shape index (κ2) is 6.82. The van der Waals surface area contributed by atoms with E-state index in [1.165, 1.54) is 4.68 Å². The molecule has 1 heterocycles. The van der Waals surface area contributed by atoms with E-state index in [0.717, 1.165) is 10.0 Å². The molecule has 21 heavy (non-hydrogen) atoms. The molecule has 0 saturated carbocycles.